The molecule has 0 spiro atoms. The summed E-state index contributed by atoms with van der Waals surface area (Å²) in [6.07, 6.45) is 1.40. The van der Waals surface area contributed by atoms with E-state index in [0.29, 0.717) is 22.7 Å². The fourth-order valence-corrected chi connectivity index (χ4v) is 2.52. The standard InChI is InChI=1S/C23H20FN3O4/c1-30-20-11-7-19(8-12-20)26-22(28)23(29)27-25-14-16-5-9-21(10-6-16)31-15-17-3-2-4-18(24)13-17/h2-14H,15H2,1H3,(H,26,28)(H,27,29)/b25-14+. The number of anilines is 1. The van der Waals surface area contributed by atoms with E-state index in [9.17, 15) is 14.0 Å². The first kappa shape index (κ1) is 21.5. The Morgan fingerprint density at radius 1 is 0.968 bits per heavy atom. The number of carbonyl (C=O) groups is 2. The number of nitrogens with zero attached hydrogens (tertiary/aromatic N) is 1. The first-order valence-electron chi connectivity index (χ1n) is 9.29. The maximum Gasteiger partial charge on any atom is 0.329 e. The fourth-order valence-electron chi connectivity index (χ4n) is 2.52. The fraction of sp³-hybridized carbons (Fsp3) is 0.0870. The van der Waals surface area contributed by atoms with Crippen molar-refractivity contribution < 1.29 is 23.5 Å². The van der Waals surface area contributed by atoms with Gasteiger partial charge < -0.3 is 14.8 Å². The third-order valence-corrected chi connectivity index (χ3v) is 4.11. The summed E-state index contributed by atoms with van der Waals surface area (Å²) in [6, 6.07) is 19.6. The Kier molecular flexibility index (Phi) is 7.31. The Morgan fingerprint density at radius 2 is 1.68 bits per heavy atom. The summed E-state index contributed by atoms with van der Waals surface area (Å²) in [7, 11) is 1.53. The van der Waals surface area contributed by atoms with Gasteiger partial charge in [0.15, 0.2) is 0 Å². The van der Waals surface area contributed by atoms with Gasteiger partial charge in [0.2, 0.25) is 0 Å². The SMILES string of the molecule is COc1ccc(NC(=O)C(=O)N/N=C/c2ccc(OCc3cccc(F)c3)cc2)cc1. The molecule has 2 amide bonds. The zero-order valence-electron chi connectivity index (χ0n) is 16.7. The lowest BCUT2D eigenvalue weighted by Crippen LogP contribution is -2.32. The Hall–Kier alpha value is -4.20. The average molecular weight is 421 g/mol. The van der Waals surface area contributed by atoms with Gasteiger partial charge >= 0.3 is 11.8 Å². The van der Waals surface area contributed by atoms with E-state index in [0.717, 1.165) is 5.56 Å². The van der Waals surface area contributed by atoms with Gasteiger partial charge in [-0.3, -0.25) is 9.59 Å². The molecule has 0 aliphatic carbocycles. The topological polar surface area (TPSA) is 89.0 Å². The number of ether oxygens (including phenoxy) is 2. The monoisotopic (exact) mass is 421 g/mol. The molecule has 3 aromatic carbocycles. The van der Waals surface area contributed by atoms with Gasteiger partial charge in [-0.05, 0) is 71.8 Å². The van der Waals surface area contributed by atoms with E-state index in [1.54, 1.807) is 60.7 Å². The molecule has 0 aliphatic heterocycles. The lowest BCUT2D eigenvalue weighted by Gasteiger charge is -2.06. The molecule has 0 unspecified atom stereocenters. The zero-order chi connectivity index (χ0) is 22.1. The van der Waals surface area contributed by atoms with E-state index in [1.165, 1.54) is 25.5 Å². The quantitative estimate of drug-likeness (QED) is 0.347. The average Bonchev–Trinajstić information content (AvgIpc) is 2.79. The highest BCUT2D eigenvalue weighted by atomic mass is 19.1. The Morgan fingerprint density at radius 3 is 2.35 bits per heavy atom. The lowest BCUT2D eigenvalue weighted by molar-refractivity contribution is -0.136. The number of rotatable bonds is 7. The van der Waals surface area contributed by atoms with Crippen LogP contribution in [0.5, 0.6) is 11.5 Å². The van der Waals surface area contributed by atoms with E-state index >= 15 is 0 Å². The number of benzene rings is 3. The van der Waals surface area contributed by atoms with Crippen LogP contribution in [0.25, 0.3) is 0 Å². The molecule has 3 aromatic rings. The van der Waals surface area contributed by atoms with Crippen LogP contribution >= 0.6 is 0 Å². The minimum atomic E-state index is -0.901. The Labute approximate surface area is 178 Å². The van der Waals surface area contributed by atoms with Crippen LogP contribution in [0.3, 0.4) is 0 Å². The second kappa shape index (κ2) is 10.5. The summed E-state index contributed by atoms with van der Waals surface area (Å²) in [5.74, 6) is -0.820. The minimum Gasteiger partial charge on any atom is -0.497 e. The van der Waals surface area contributed by atoms with Crippen molar-refractivity contribution in [2.75, 3.05) is 12.4 Å². The van der Waals surface area contributed by atoms with E-state index in [-0.39, 0.29) is 12.4 Å². The van der Waals surface area contributed by atoms with E-state index in [4.69, 9.17) is 9.47 Å². The molecule has 0 saturated heterocycles. The maximum absolute atomic E-state index is 13.2. The van der Waals surface area contributed by atoms with Crippen molar-refractivity contribution in [1.82, 2.24) is 5.43 Å². The molecule has 2 N–H and O–H groups in total. The van der Waals surface area contributed by atoms with Gasteiger partial charge in [0, 0.05) is 5.69 Å². The molecular formula is C23H20FN3O4. The van der Waals surface area contributed by atoms with Gasteiger partial charge in [-0.2, -0.15) is 5.10 Å². The molecule has 158 valence electrons. The minimum absolute atomic E-state index is 0.241. The number of methoxy groups -OCH3 is 1. The first-order chi connectivity index (χ1) is 15.0. The molecule has 0 fully saturated rings. The molecule has 8 heteroatoms. The van der Waals surface area contributed by atoms with Crippen LogP contribution in [-0.4, -0.2) is 25.1 Å². The van der Waals surface area contributed by atoms with Crippen LogP contribution in [0.1, 0.15) is 11.1 Å². The van der Waals surface area contributed by atoms with E-state index in [2.05, 4.69) is 15.8 Å². The van der Waals surface area contributed by atoms with E-state index in [1.807, 2.05) is 0 Å². The number of amides is 2. The number of nitrogens with one attached hydrogen (secondary N) is 2. The number of hydrogen-bond donors (Lipinski definition) is 2. The van der Waals surface area contributed by atoms with Crippen molar-refractivity contribution in [3.63, 3.8) is 0 Å². The Bertz CT molecular complexity index is 1070. The largest absolute Gasteiger partial charge is 0.497 e. The molecule has 0 bridgehead atoms. The van der Waals surface area contributed by atoms with Crippen molar-refractivity contribution in [3.05, 3.63) is 89.7 Å². The Balaban J connectivity index is 1.46. The summed E-state index contributed by atoms with van der Waals surface area (Å²) in [5, 5.41) is 6.24. The van der Waals surface area contributed by atoms with Gasteiger partial charge in [0.05, 0.1) is 13.3 Å². The van der Waals surface area contributed by atoms with Crippen LogP contribution in [0.15, 0.2) is 77.9 Å². The number of halogens is 1. The second-order valence-electron chi connectivity index (χ2n) is 6.37. The van der Waals surface area contributed by atoms with Crippen LogP contribution in [-0.2, 0) is 16.2 Å². The number of carbonyl (C=O) groups excluding carboxylic acids is 2. The number of hydrazone groups is 1. The second-order valence-corrected chi connectivity index (χ2v) is 6.37. The predicted octanol–water partition coefficient (Wildman–Crippen LogP) is 3.50. The summed E-state index contributed by atoms with van der Waals surface area (Å²) in [4.78, 5) is 23.7. The normalized spacial score (nSPS) is 10.5. The molecule has 3 rings (SSSR count). The smallest absolute Gasteiger partial charge is 0.329 e. The lowest BCUT2D eigenvalue weighted by atomic mass is 10.2. The van der Waals surface area contributed by atoms with E-state index < -0.39 is 11.8 Å². The molecule has 0 aliphatic rings. The predicted molar refractivity (Wildman–Crippen MR) is 115 cm³/mol. The molecule has 31 heavy (non-hydrogen) atoms. The first-order valence-corrected chi connectivity index (χ1v) is 9.29. The van der Waals surface area contributed by atoms with Crippen molar-refractivity contribution in [3.8, 4) is 11.5 Å². The molecule has 0 radical (unpaired) electrons. The van der Waals surface area contributed by atoms with Gasteiger partial charge in [-0.1, -0.05) is 12.1 Å². The highest BCUT2D eigenvalue weighted by Crippen LogP contribution is 2.15. The summed E-state index contributed by atoms with van der Waals surface area (Å²) < 4.78 is 23.8. The molecular weight excluding hydrogens is 401 g/mol. The van der Waals surface area contributed by atoms with Crippen molar-refractivity contribution in [2.24, 2.45) is 5.10 Å². The van der Waals surface area contributed by atoms with Gasteiger partial charge in [-0.25, -0.2) is 9.82 Å². The molecule has 0 atom stereocenters. The molecule has 0 heterocycles. The maximum atomic E-state index is 13.2. The summed E-state index contributed by atoms with van der Waals surface area (Å²) in [6.45, 7) is 0.241. The summed E-state index contributed by atoms with van der Waals surface area (Å²) in [5.41, 5.74) is 4.04. The van der Waals surface area contributed by atoms with Gasteiger partial charge in [0.1, 0.15) is 23.9 Å². The summed E-state index contributed by atoms with van der Waals surface area (Å²) >= 11 is 0. The van der Waals surface area contributed by atoms with Crippen molar-refractivity contribution in [2.45, 2.75) is 6.61 Å². The van der Waals surface area contributed by atoms with Crippen molar-refractivity contribution >= 4 is 23.7 Å². The van der Waals surface area contributed by atoms with Crippen LogP contribution in [0, 0.1) is 5.82 Å². The van der Waals surface area contributed by atoms with Crippen LogP contribution in [0.4, 0.5) is 10.1 Å². The zero-order valence-corrected chi connectivity index (χ0v) is 16.7. The highest BCUT2D eigenvalue weighted by Gasteiger charge is 2.12. The third-order valence-electron chi connectivity index (χ3n) is 4.11. The van der Waals surface area contributed by atoms with Gasteiger partial charge in [-0.15, -0.1) is 0 Å². The van der Waals surface area contributed by atoms with Crippen molar-refractivity contribution in [1.29, 1.82) is 0 Å². The van der Waals surface area contributed by atoms with Gasteiger partial charge in [0.25, 0.3) is 0 Å². The molecule has 0 aromatic heterocycles. The molecule has 7 nitrogen and oxygen atoms in total. The third kappa shape index (κ3) is 6.67. The van der Waals surface area contributed by atoms with Crippen LogP contribution in [0.2, 0.25) is 0 Å². The molecule has 0 saturated carbocycles. The van der Waals surface area contributed by atoms with Crippen LogP contribution < -0.4 is 20.2 Å². The highest BCUT2D eigenvalue weighted by molar-refractivity contribution is 6.39. The number of hydrogen-bond acceptors (Lipinski definition) is 5.